The Morgan fingerprint density at radius 3 is 2.86 bits per heavy atom. The van der Waals surface area contributed by atoms with Gasteiger partial charge in [0.25, 0.3) is 0 Å². The van der Waals surface area contributed by atoms with Crippen molar-refractivity contribution in [2.24, 2.45) is 0 Å². The van der Waals surface area contributed by atoms with E-state index in [1.807, 2.05) is 0 Å². The van der Waals surface area contributed by atoms with E-state index in [2.05, 4.69) is 15.0 Å². The topological polar surface area (TPSA) is 73.9 Å². The quantitative estimate of drug-likeness (QED) is 0.718. The van der Waals surface area contributed by atoms with Gasteiger partial charge in [0.15, 0.2) is 5.15 Å². The molecule has 0 spiro atoms. The Balaban J connectivity index is 2.92. The van der Waals surface area contributed by atoms with Gasteiger partial charge < -0.3 is 10.5 Å². The van der Waals surface area contributed by atoms with Gasteiger partial charge in [-0.15, -0.1) is 0 Å². The van der Waals surface area contributed by atoms with E-state index in [0.29, 0.717) is 22.5 Å². The molecule has 0 aliphatic rings. The molecule has 2 aromatic heterocycles. The highest BCUT2D eigenvalue weighted by Gasteiger charge is 2.10. The second kappa shape index (κ2) is 3.26. The third kappa shape index (κ3) is 1.22. The molecule has 0 fully saturated rings. The number of methoxy groups -OCH3 is 1. The SMILES string of the molecule is COc1cnc(Cl)c2ncnc(N)c12. The smallest absolute Gasteiger partial charge is 0.155 e. The van der Waals surface area contributed by atoms with Crippen molar-refractivity contribution in [2.75, 3.05) is 12.8 Å². The van der Waals surface area contributed by atoms with Crippen LogP contribution in [0.4, 0.5) is 5.82 Å². The van der Waals surface area contributed by atoms with Crippen molar-refractivity contribution in [1.82, 2.24) is 15.0 Å². The highest BCUT2D eigenvalue weighted by molar-refractivity contribution is 6.34. The Morgan fingerprint density at radius 2 is 2.14 bits per heavy atom. The van der Waals surface area contributed by atoms with Gasteiger partial charge in [-0.05, 0) is 0 Å². The number of nitrogens with two attached hydrogens (primary N) is 1. The van der Waals surface area contributed by atoms with E-state index in [4.69, 9.17) is 22.1 Å². The summed E-state index contributed by atoms with van der Waals surface area (Å²) in [7, 11) is 1.52. The maximum absolute atomic E-state index is 5.85. The second-order valence-electron chi connectivity index (χ2n) is 2.60. The highest BCUT2D eigenvalue weighted by atomic mass is 35.5. The van der Waals surface area contributed by atoms with Crippen LogP contribution in [0.1, 0.15) is 0 Å². The minimum atomic E-state index is 0.287. The van der Waals surface area contributed by atoms with E-state index in [-0.39, 0.29) is 5.15 Å². The molecule has 0 amide bonds. The minimum absolute atomic E-state index is 0.287. The lowest BCUT2D eigenvalue weighted by atomic mass is 10.2. The van der Waals surface area contributed by atoms with E-state index >= 15 is 0 Å². The molecule has 0 saturated carbocycles. The molecule has 2 N–H and O–H groups in total. The van der Waals surface area contributed by atoms with Gasteiger partial charge in [0.1, 0.15) is 23.4 Å². The number of aromatic nitrogens is 3. The van der Waals surface area contributed by atoms with E-state index in [0.717, 1.165) is 0 Å². The molecular weight excluding hydrogens is 204 g/mol. The van der Waals surface area contributed by atoms with Crippen molar-refractivity contribution in [2.45, 2.75) is 0 Å². The van der Waals surface area contributed by atoms with Crippen LogP contribution in [0.25, 0.3) is 10.9 Å². The van der Waals surface area contributed by atoms with Crippen LogP contribution in [0, 0.1) is 0 Å². The average Bonchev–Trinajstić information content (AvgIpc) is 2.20. The van der Waals surface area contributed by atoms with Crippen LogP contribution in [0.2, 0.25) is 5.15 Å². The summed E-state index contributed by atoms with van der Waals surface area (Å²) in [5.41, 5.74) is 6.18. The molecule has 0 bridgehead atoms. The largest absolute Gasteiger partial charge is 0.494 e. The van der Waals surface area contributed by atoms with Gasteiger partial charge >= 0.3 is 0 Å². The monoisotopic (exact) mass is 210 g/mol. The maximum atomic E-state index is 5.85. The molecule has 2 rings (SSSR count). The molecule has 2 aromatic rings. The molecular formula is C8H7ClN4O. The highest BCUT2D eigenvalue weighted by Crippen LogP contribution is 2.30. The molecule has 0 atom stereocenters. The molecule has 5 nitrogen and oxygen atoms in total. The zero-order chi connectivity index (χ0) is 10.1. The molecule has 2 heterocycles. The summed E-state index contributed by atoms with van der Waals surface area (Å²) in [5, 5.41) is 0.880. The number of hydrogen-bond donors (Lipinski definition) is 1. The predicted molar refractivity (Wildman–Crippen MR) is 53.3 cm³/mol. The molecule has 0 saturated heterocycles. The van der Waals surface area contributed by atoms with Gasteiger partial charge in [0.2, 0.25) is 0 Å². The molecule has 0 unspecified atom stereocenters. The van der Waals surface area contributed by atoms with Crippen molar-refractivity contribution in [3.63, 3.8) is 0 Å². The Kier molecular flexibility index (Phi) is 2.09. The predicted octanol–water partition coefficient (Wildman–Crippen LogP) is 1.27. The first-order valence-corrected chi connectivity index (χ1v) is 4.20. The van der Waals surface area contributed by atoms with Crippen LogP contribution in [-0.4, -0.2) is 22.1 Å². The van der Waals surface area contributed by atoms with Crippen molar-refractivity contribution >= 4 is 28.3 Å². The fraction of sp³-hybridized carbons (Fsp3) is 0.125. The van der Waals surface area contributed by atoms with E-state index in [9.17, 15) is 0 Å². The number of ether oxygens (including phenoxy) is 1. The van der Waals surface area contributed by atoms with Gasteiger partial charge in [0, 0.05) is 0 Å². The summed E-state index contributed by atoms with van der Waals surface area (Å²) in [5.74, 6) is 0.846. The van der Waals surface area contributed by atoms with Gasteiger partial charge in [-0.2, -0.15) is 0 Å². The summed E-state index contributed by atoms with van der Waals surface area (Å²) in [6.45, 7) is 0. The number of halogens is 1. The molecule has 0 aromatic carbocycles. The molecule has 6 heteroatoms. The average molecular weight is 211 g/mol. The molecule has 0 radical (unpaired) electrons. The zero-order valence-corrected chi connectivity index (χ0v) is 8.12. The fourth-order valence-electron chi connectivity index (χ4n) is 1.19. The normalized spacial score (nSPS) is 10.4. The van der Waals surface area contributed by atoms with Crippen LogP contribution in [0.5, 0.6) is 5.75 Å². The number of nitrogens with zero attached hydrogens (tertiary/aromatic N) is 3. The number of pyridine rings is 1. The molecule has 0 aliphatic carbocycles. The summed E-state index contributed by atoms with van der Waals surface area (Å²) in [4.78, 5) is 11.8. The van der Waals surface area contributed by atoms with Crippen molar-refractivity contribution in [1.29, 1.82) is 0 Å². The lowest BCUT2D eigenvalue weighted by Crippen LogP contribution is -1.97. The fourth-order valence-corrected chi connectivity index (χ4v) is 1.39. The van der Waals surface area contributed by atoms with Crippen molar-refractivity contribution in [3.8, 4) is 5.75 Å². The van der Waals surface area contributed by atoms with Crippen molar-refractivity contribution in [3.05, 3.63) is 17.7 Å². The van der Waals surface area contributed by atoms with Crippen LogP contribution in [0.3, 0.4) is 0 Å². The Morgan fingerprint density at radius 1 is 1.36 bits per heavy atom. The number of nitrogen functional groups attached to an aromatic ring is 1. The number of rotatable bonds is 1. The van der Waals surface area contributed by atoms with Gasteiger partial charge in [-0.25, -0.2) is 15.0 Å². The van der Waals surface area contributed by atoms with Gasteiger partial charge in [-0.3, -0.25) is 0 Å². The van der Waals surface area contributed by atoms with E-state index < -0.39 is 0 Å². The third-order valence-electron chi connectivity index (χ3n) is 1.83. The van der Waals surface area contributed by atoms with E-state index in [1.54, 1.807) is 0 Å². The first-order chi connectivity index (χ1) is 6.74. The summed E-state index contributed by atoms with van der Waals surface area (Å²) in [6.07, 6.45) is 2.83. The lowest BCUT2D eigenvalue weighted by molar-refractivity contribution is 0.418. The first-order valence-electron chi connectivity index (χ1n) is 3.82. The molecule has 0 aliphatic heterocycles. The summed E-state index contributed by atoms with van der Waals surface area (Å²) >= 11 is 5.85. The van der Waals surface area contributed by atoms with Gasteiger partial charge in [-0.1, -0.05) is 11.6 Å². The Labute approximate surface area is 84.9 Å². The third-order valence-corrected chi connectivity index (χ3v) is 2.11. The Hall–Kier alpha value is -1.62. The Bertz CT molecular complexity index is 488. The lowest BCUT2D eigenvalue weighted by Gasteiger charge is -2.06. The van der Waals surface area contributed by atoms with Crippen LogP contribution >= 0.6 is 11.6 Å². The zero-order valence-electron chi connectivity index (χ0n) is 7.36. The van der Waals surface area contributed by atoms with Crippen LogP contribution < -0.4 is 10.5 Å². The van der Waals surface area contributed by atoms with Crippen LogP contribution in [0.15, 0.2) is 12.5 Å². The summed E-state index contributed by atoms with van der Waals surface area (Å²) < 4.78 is 5.08. The molecule has 14 heavy (non-hydrogen) atoms. The van der Waals surface area contributed by atoms with E-state index in [1.165, 1.54) is 19.6 Å². The van der Waals surface area contributed by atoms with Crippen LogP contribution in [-0.2, 0) is 0 Å². The number of anilines is 1. The standard InChI is InChI=1S/C8H7ClN4O/c1-14-4-2-11-7(9)6-5(4)8(10)13-3-12-6/h2-3H,1H3,(H2,10,12,13). The maximum Gasteiger partial charge on any atom is 0.155 e. The van der Waals surface area contributed by atoms with Crippen molar-refractivity contribution < 1.29 is 4.74 Å². The molecule has 72 valence electrons. The summed E-state index contributed by atoms with van der Waals surface area (Å²) in [6, 6.07) is 0. The number of fused-ring (bicyclic) bond motifs is 1. The minimum Gasteiger partial charge on any atom is -0.494 e. The van der Waals surface area contributed by atoms with Gasteiger partial charge in [0.05, 0.1) is 18.7 Å². The first kappa shape index (κ1) is 8.96. The number of hydrogen-bond acceptors (Lipinski definition) is 5. The second-order valence-corrected chi connectivity index (χ2v) is 2.96.